The Kier molecular flexibility index (Phi) is 5.82. The van der Waals surface area contributed by atoms with Gasteiger partial charge in [-0.15, -0.1) is 11.8 Å². The highest BCUT2D eigenvalue weighted by Crippen LogP contribution is 2.30. The van der Waals surface area contributed by atoms with E-state index in [0.29, 0.717) is 5.82 Å². The summed E-state index contributed by atoms with van der Waals surface area (Å²) in [5.74, 6) is 1.42. The first-order valence-electron chi connectivity index (χ1n) is 7.64. The summed E-state index contributed by atoms with van der Waals surface area (Å²) in [6, 6.07) is 2.18. The number of anilines is 1. The third kappa shape index (κ3) is 4.00. The van der Waals surface area contributed by atoms with Gasteiger partial charge in [0.25, 0.3) is 0 Å². The number of aromatic nitrogens is 3. The molecule has 2 aromatic rings. The number of hydrogen-bond acceptors (Lipinski definition) is 6. The van der Waals surface area contributed by atoms with Crippen LogP contribution in [0.3, 0.4) is 0 Å². The average molecular weight is 411 g/mol. The van der Waals surface area contributed by atoms with E-state index in [4.69, 9.17) is 5.73 Å². The van der Waals surface area contributed by atoms with Gasteiger partial charge in [-0.05, 0) is 71.5 Å². The zero-order valence-electron chi connectivity index (χ0n) is 13.0. The molecule has 0 saturated heterocycles. The molecule has 0 spiro atoms. The number of rotatable bonds is 5. The molecule has 0 unspecified atom stereocenters. The van der Waals surface area contributed by atoms with E-state index in [1.54, 1.807) is 23.5 Å². The van der Waals surface area contributed by atoms with Crippen molar-refractivity contribution in [2.45, 2.75) is 42.3 Å². The first kappa shape index (κ1) is 17.0. The number of nitrogens with two attached hydrogens (primary N) is 1. The molecule has 0 saturated carbocycles. The number of nitrogens with zero attached hydrogens (tertiary/aromatic N) is 3. The molecule has 0 amide bonds. The largest absolute Gasteiger partial charge is 0.383 e. The molecule has 1 aliphatic rings. The van der Waals surface area contributed by atoms with E-state index in [1.807, 2.05) is 12.5 Å². The van der Waals surface area contributed by atoms with E-state index in [0.717, 1.165) is 26.8 Å². The lowest BCUT2D eigenvalue weighted by Crippen LogP contribution is -2.09. The van der Waals surface area contributed by atoms with E-state index < -0.39 is 0 Å². The van der Waals surface area contributed by atoms with Crippen molar-refractivity contribution in [2.24, 2.45) is 0 Å². The molecule has 3 rings (SSSR count). The fourth-order valence-electron chi connectivity index (χ4n) is 2.81. The van der Waals surface area contributed by atoms with Crippen molar-refractivity contribution >= 4 is 45.3 Å². The van der Waals surface area contributed by atoms with Crippen LogP contribution in [0.5, 0.6) is 0 Å². The van der Waals surface area contributed by atoms with Crippen LogP contribution in [0.25, 0.3) is 0 Å². The third-order valence-electron chi connectivity index (χ3n) is 3.95. The molecule has 4 nitrogen and oxygen atoms in total. The summed E-state index contributed by atoms with van der Waals surface area (Å²) in [4.78, 5) is 13.5. The van der Waals surface area contributed by atoms with Crippen LogP contribution in [0.4, 0.5) is 5.82 Å². The first-order valence-corrected chi connectivity index (χ1v) is 10.6. The molecule has 0 aliphatic heterocycles. The van der Waals surface area contributed by atoms with E-state index in [9.17, 15) is 0 Å². The highest BCUT2D eigenvalue weighted by molar-refractivity contribution is 9.10. The standard InChI is InChI=1S/C16H19BrN4S2/c1-22-15-13(17)14(18)20-16(21-15)23-9-7-12-11-5-3-2-4-10(11)6-8-19-12/h6,8H,2-5,7,9H2,1H3,(H2,18,20,21). The Morgan fingerprint density at radius 1 is 1.26 bits per heavy atom. The van der Waals surface area contributed by atoms with Gasteiger partial charge in [-0.1, -0.05) is 11.8 Å². The van der Waals surface area contributed by atoms with Gasteiger partial charge in [0.15, 0.2) is 5.16 Å². The number of nitrogen functional groups attached to an aromatic ring is 1. The maximum atomic E-state index is 5.93. The molecule has 0 aromatic carbocycles. The molecule has 0 radical (unpaired) electrons. The van der Waals surface area contributed by atoms with E-state index in [1.165, 1.54) is 42.5 Å². The van der Waals surface area contributed by atoms with Crippen LogP contribution in [0.15, 0.2) is 26.9 Å². The fraction of sp³-hybridized carbons (Fsp3) is 0.438. The highest BCUT2D eigenvalue weighted by atomic mass is 79.9. The molecule has 23 heavy (non-hydrogen) atoms. The normalized spacial score (nSPS) is 13.8. The number of pyridine rings is 1. The molecule has 2 aromatic heterocycles. The molecular formula is C16H19BrN4S2. The van der Waals surface area contributed by atoms with Crippen molar-refractivity contribution in [3.05, 3.63) is 33.6 Å². The molecule has 0 atom stereocenters. The minimum absolute atomic E-state index is 0.502. The fourth-order valence-corrected chi connectivity index (χ4v) is 4.79. The van der Waals surface area contributed by atoms with E-state index in [-0.39, 0.29) is 0 Å². The van der Waals surface area contributed by atoms with E-state index in [2.05, 4.69) is 36.9 Å². The molecular weight excluding hydrogens is 392 g/mol. The smallest absolute Gasteiger partial charge is 0.190 e. The second-order valence-corrected chi connectivity index (χ2v) is 8.07. The number of aryl methyl sites for hydroxylation is 2. The Hall–Kier alpha value is -0.790. The number of hydrogen-bond donors (Lipinski definition) is 1. The summed E-state index contributed by atoms with van der Waals surface area (Å²) in [7, 11) is 0. The van der Waals surface area contributed by atoms with Crippen LogP contribution in [0.1, 0.15) is 29.7 Å². The summed E-state index contributed by atoms with van der Waals surface area (Å²) < 4.78 is 0.785. The number of fused-ring (bicyclic) bond motifs is 1. The molecule has 0 bridgehead atoms. The van der Waals surface area contributed by atoms with Gasteiger partial charge in [-0.25, -0.2) is 9.97 Å². The average Bonchev–Trinajstić information content (AvgIpc) is 2.58. The monoisotopic (exact) mass is 410 g/mol. The molecule has 1 aliphatic carbocycles. The van der Waals surface area contributed by atoms with Crippen molar-refractivity contribution in [1.29, 1.82) is 0 Å². The number of halogens is 1. The van der Waals surface area contributed by atoms with Crippen molar-refractivity contribution in [3.63, 3.8) is 0 Å². The Labute approximate surface area is 153 Å². The summed E-state index contributed by atoms with van der Waals surface area (Å²) >= 11 is 6.64. The second kappa shape index (κ2) is 7.85. The summed E-state index contributed by atoms with van der Waals surface area (Å²) in [6.07, 6.45) is 9.83. The van der Waals surface area contributed by atoms with Crippen molar-refractivity contribution < 1.29 is 0 Å². The Balaban J connectivity index is 1.67. The molecule has 122 valence electrons. The van der Waals surface area contributed by atoms with Crippen molar-refractivity contribution in [3.8, 4) is 0 Å². The lowest BCUT2D eigenvalue weighted by molar-refractivity contribution is 0.673. The van der Waals surface area contributed by atoms with Crippen LogP contribution in [0, 0.1) is 0 Å². The lowest BCUT2D eigenvalue weighted by Gasteiger charge is -2.18. The minimum atomic E-state index is 0.502. The molecule has 7 heteroatoms. The second-order valence-electron chi connectivity index (χ2n) is 5.42. The van der Waals surface area contributed by atoms with Gasteiger partial charge in [0.05, 0.1) is 4.47 Å². The third-order valence-corrected chi connectivity index (χ3v) is 6.53. The van der Waals surface area contributed by atoms with Gasteiger partial charge >= 0.3 is 0 Å². The number of thioether (sulfide) groups is 2. The molecule has 2 heterocycles. The Bertz CT molecular complexity index is 709. The van der Waals surface area contributed by atoms with Crippen molar-refractivity contribution in [2.75, 3.05) is 17.7 Å². The Morgan fingerprint density at radius 3 is 2.91 bits per heavy atom. The van der Waals surface area contributed by atoms with Crippen LogP contribution in [-0.4, -0.2) is 27.0 Å². The van der Waals surface area contributed by atoms with Gasteiger partial charge in [-0.3, -0.25) is 4.98 Å². The van der Waals surface area contributed by atoms with Crippen LogP contribution in [-0.2, 0) is 19.3 Å². The van der Waals surface area contributed by atoms with E-state index >= 15 is 0 Å². The maximum Gasteiger partial charge on any atom is 0.190 e. The van der Waals surface area contributed by atoms with Gasteiger partial charge in [0, 0.05) is 17.6 Å². The van der Waals surface area contributed by atoms with Gasteiger partial charge in [-0.2, -0.15) is 0 Å². The summed E-state index contributed by atoms with van der Waals surface area (Å²) in [5.41, 5.74) is 10.1. The predicted octanol–water partition coefficient (Wildman–Crippen LogP) is 4.15. The summed E-state index contributed by atoms with van der Waals surface area (Å²) in [6.45, 7) is 0. The van der Waals surface area contributed by atoms with Gasteiger partial charge in [0.1, 0.15) is 10.8 Å². The zero-order valence-corrected chi connectivity index (χ0v) is 16.2. The first-order chi connectivity index (χ1) is 11.2. The van der Waals surface area contributed by atoms with Gasteiger partial charge < -0.3 is 5.73 Å². The Morgan fingerprint density at radius 2 is 2.09 bits per heavy atom. The van der Waals surface area contributed by atoms with Crippen molar-refractivity contribution in [1.82, 2.24) is 15.0 Å². The predicted molar refractivity (Wildman–Crippen MR) is 101 cm³/mol. The van der Waals surface area contributed by atoms with Gasteiger partial charge in [0.2, 0.25) is 0 Å². The maximum absolute atomic E-state index is 5.93. The van der Waals surface area contributed by atoms with Crippen LogP contribution in [0.2, 0.25) is 0 Å². The molecule has 2 N–H and O–H groups in total. The minimum Gasteiger partial charge on any atom is -0.383 e. The quantitative estimate of drug-likeness (QED) is 0.453. The van der Waals surface area contributed by atoms with Crippen LogP contribution < -0.4 is 5.73 Å². The SMILES string of the molecule is CSc1nc(SCCc2nccc3c2CCCC3)nc(N)c1Br. The topological polar surface area (TPSA) is 64.7 Å². The summed E-state index contributed by atoms with van der Waals surface area (Å²) in [5, 5.41) is 1.62. The van der Waals surface area contributed by atoms with Crippen LogP contribution >= 0.6 is 39.5 Å². The highest BCUT2D eigenvalue weighted by Gasteiger charge is 2.14. The zero-order chi connectivity index (χ0) is 16.2. The molecule has 0 fully saturated rings. The lowest BCUT2D eigenvalue weighted by atomic mass is 9.90.